The Balaban J connectivity index is 2.43. The van der Waals surface area contributed by atoms with Gasteiger partial charge in [0, 0.05) is 26.7 Å². The van der Waals surface area contributed by atoms with Crippen molar-refractivity contribution in [2.45, 2.75) is 31.1 Å². The van der Waals surface area contributed by atoms with Crippen molar-refractivity contribution in [2.24, 2.45) is 0 Å². The Hall–Kier alpha value is 0.120. The van der Waals surface area contributed by atoms with Crippen LogP contribution in [0.2, 0.25) is 0 Å². The average Bonchev–Trinajstić information content (AvgIpc) is 2.56. The van der Waals surface area contributed by atoms with Crippen LogP contribution in [0.1, 0.15) is 25.7 Å². The Morgan fingerprint density at radius 2 is 1.88 bits per heavy atom. The Bertz CT molecular complexity index is 303. The summed E-state index contributed by atoms with van der Waals surface area (Å²) in [7, 11) is -1.84. The molecule has 1 atom stereocenters. The van der Waals surface area contributed by atoms with Gasteiger partial charge in [-0.2, -0.15) is 12.7 Å². The van der Waals surface area contributed by atoms with E-state index >= 15 is 0 Å². The van der Waals surface area contributed by atoms with Gasteiger partial charge in [-0.1, -0.05) is 12.8 Å². The summed E-state index contributed by atoms with van der Waals surface area (Å²) in [5.74, 6) is 0. The van der Waals surface area contributed by atoms with Crippen LogP contribution in [0, 0.1) is 0 Å². The highest BCUT2D eigenvalue weighted by atomic mass is 35.5. The maximum absolute atomic E-state index is 12.0. The van der Waals surface area contributed by atoms with Crippen molar-refractivity contribution in [1.29, 1.82) is 0 Å². The molecule has 1 N–H and O–H groups in total. The normalized spacial score (nSPS) is 21.1. The average molecular weight is 285 g/mol. The molecular formula is C10H21ClN2O3S. The molecule has 0 saturated carbocycles. The topological polar surface area (TPSA) is 58.6 Å². The van der Waals surface area contributed by atoms with E-state index in [1.807, 2.05) is 0 Å². The second kappa shape index (κ2) is 7.53. The van der Waals surface area contributed by atoms with Gasteiger partial charge in [-0.15, -0.1) is 11.6 Å². The maximum atomic E-state index is 12.0. The highest BCUT2D eigenvalue weighted by molar-refractivity contribution is 7.87. The summed E-state index contributed by atoms with van der Waals surface area (Å²) in [5.41, 5.74) is 0. The van der Waals surface area contributed by atoms with E-state index in [2.05, 4.69) is 4.72 Å². The number of nitrogens with zero attached hydrogens (tertiary/aromatic N) is 1. The molecule has 5 nitrogen and oxygen atoms in total. The number of rotatable bonds is 6. The van der Waals surface area contributed by atoms with Gasteiger partial charge < -0.3 is 4.74 Å². The SMILES string of the molecule is COCC(Cl)CNS(=O)(=O)N1CCCCCC1. The molecule has 1 heterocycles. The van der Waals surface area contributed by atoms with Gasteiger partial charge in [0.1, 0.15) is 0 Å². The van der Waals surface area contributed by atoms with Crippen LogP contribution in [0.3, 0.4) is 0 Å². The predicted octanol–water partition coefficient (Wildman–Crippen LogP) is 0.951. The molecule has 0 aromatic rings. The van der Waals surface area contributed by atoms with Gasteiger partial charge in [0.15, 0.2) is 0 Å². The summed E-state index contributed by atoms with van der Waals surface area (Å²) in [6.45, 7) is 1.75. The molecule has 102 valence electrons. The van der Waals surface area contributed by atoms with Crippen LogP contribution >= 0.6 is 11.6 Å². The zero-order chi connectivity index (χ0) is 12.7. The number of hydrogen-bond donors (Lipinski definition) is 1. The van der Waals surface area contributed by atoms with Crippen LogP contribution in [0.4, 0.5) is 0 Å². The number of nitrogens with one attached hydrogen (secondary N) is 1. The molecule has 0 aromatic heterocycles. The van der Waals surface area contributed by atoms with Crippen LogP contribution in [-0.2, 0) is 14.9 Å². The van der Waals surface area contributed by atoms with Crippen molar-refractivity contribution in [2.75, 3.05) is 33.4 Å². The van der Waals surface area contributed by atoms with Crippen LogP contribution in [0.5, 0.6) is 0 Å². The lowest BCUT2D eigenvalue weighted by Gasteiger charge is -2.21. The van der Waals surface area contributed by atoms with Crippen LogP contribution < -0.4 is 4.72 Å². The molecule has 1 fully saturated rings. The number of halogens is 1. The van der Waals surface area contributed by atoms with Crippen LogP contribution in [-0.4, -0.2) is 51.5 Å². The molecule has 0 bridgehead atoms. The Kier molecular flexibility index (Phi) is 6.72. The van der Waals surface area contributed by atoms with Gasteiger partial charge in [-0.3, -0.25) is 0 Å². The number of alkyl halides is 1. The van der Waals surface area contributed by atoms with Gasteiger partial charge in [0.05, 0.1) is 12.0 Å². The molecule has 0 aromatic carbocycles. The molecule has 0 amide bonds. The quantitative estimate of drug-likeness (QED) is 0.739. The van der Waals surface area contributed by atoms with E-state index in [9.17, 15) is 8.42 Å². The number of methoxy groups -OCH3 is 1. The van der Waals surface area contributed by atoms with E-state index in [1.165, 1.54) is 4.31 Å². The molecular weight excluding hydrogens is 264 g/mol. The lowest BCUT2D eigenvalue weighted by Crippen LogP contribution is -2.43. The summed E-state index contributed by atoms with van der Waals surface area (Å²) in [6.07, 6.45) is 4.08. The third-order valence-corrected chi connectivity index (χ3v) is 4.60. The first-order valence-corrected chi connectivity index (χ1v) is 7.81. The monoisotopic (exact) mass is 284 g/mol. The second-order valence-corrected chi connectivity index (χ2v) is 6.59. The lowest BCUT2D eigenvalue weighted by molar-refractivity contribution is 0.198. The van der Waals surface area contributed by atoms with E-state index in [-0.39, 0.29) is 11.9 Å². The molecule has 1 unspecified atom stereocenters. The highest BCUT2D eigenvalue weighted by Crippen LogP contribution is 2.12. The molecule has 17 heavy (non-hydrogen) atoms. The highest BCUT2D eigenvalue weighted by Gasteiger charge is 2.23. The minimum Gasteiger partial charge on any atom is -0.383 e. The summed E-state index contributed by atoms with van der Waals surface area (Å²) < 4.78 is 32.8. The molecule has 1 rings (SSSR count). The number of ether oxygens (including phenoxy) is 1. The predicted molar refractivity (Wildman–Crippen MR) is 68.5 cm³/mol. The van der Waals surface area contributed by atoms with E-state index < -0.39 is 10.2 Å². The molecule has 7 heteroatoms. The maximum Gasteiger partial charge on any atom is 0.279 e. The Morgan fingerprint density at radius 3 is 2.41 bits per heavy atom. The van der Waals surface area contributed by atoms with E-state index in [0.29, 0.717) is 19.7 Å². The third-order valence-electron chi connectivity index (χ3n) is 2.74. The first-order valence-electron chi connectivity index (χ1n) is 5.94. The molecule has 0 radical (unpaired) electrons. The zero-order valence-electron chi connectivity index (χ0n) is 10.2. The molecule has 0 aliphatic carbocycles. The molecule has 0 spiro atoms. The second-order valence-electron chi connectivity index (χ2n) is 4.22. The summed E-state index contributed by atoms with van der Waals surface area (Å²) in [5, 5.41) is -0.332. The van der Waals surface area contributed by atoms with E-state index in [1.54, 1.807) is 7.11 Å². The zero-order valence-corrected chi connectivity index (χ0v) is 11.8. The minimum atomic E-state index is -3.38. The summed E-state index contributed by atoms with van der Waals surface area (Å²) in [6, 6.07) is 0. The lowest BCUT2D eigenvalue weighted by atomic mass is 10.2. The first-order chi connectivity index (χ1) is 8.06. The van der Waals surface area contributed by atoms with Crippen molar-refractivity contribution >= 4 is 21.8 Å². The van der Waals surface area contributed by atoms with Crippen molar-refractivity contribution in [3.8, 4) is 0 Å². The fraction of sp³-hybridized carbons (Fsp3) is 1.00. The van der Waals surface area contributed by atoms with Crippen molar-refractivity contribution < 1.29 is 13.2 Å². The van der Waals surface area contributed by atoms with Gasteiger partial charge in [0.2, 0.25) is 0 Å². The number of hydrogen-bond acceptors (Lipinski definition) is 3. The van der Waals surface area contributed by atoms with Crippen LogP contribution in [0.15, 0.2) is 0 Å². The fourth-order valence-electron chi connectivity index (χ4n) is 1.81. The van der Waals surface area contributed by atoms with Gasteiger partial charge in [0.25, 0.3) is 10.2 Å². The fourth-order valence-corrected chi connectivity index (χ4v) is 3.44. The molecule has 1 saturated heterocycles. The van der Waals surface area contributed by atoms with Gasteiger partial charge >= 0.3 is 0 Å². The van der Waals surface area contributed by atoms with Gasteiger partial charge in [-0.05, 0) is 12.8 Å². The first kappa shape index (κ1) is 15.2. The molecule has 1 aliphatic rings. The van der Waals surface area contributed by atoms with E-state index in [4.69, 9.17) is 16.3 Å². The Morgan fingerprint density at radius 1 is 1.29 bits per heavy atom. The van der Waals surface area contributed by atoms with Crippen molar-refractivity contribution in [3.63, 3.8) is 0 Å². The standard InChI is InChI=1S/C10H21ClN2O3S/c1-16-9-10(11)8-12-17(14,15)13-6-4-2-3-5-7-13/h10,12H,2-9H2,1H3. The molecule has 1 aliphatic heterocycles. The largest absolute Gasteiger partial charge is 0.383 e. The van der Waals surface area contributed by atoms with Crippen molar-refractivity contribution in [3.05, 3.63) is 0 Å². The van der Waals surface area contributed by atoms with Crippen LogP contribution in [0.25, 0.3) is 0 Å². The smallest absolute Gasteiger partial charge is 0.279 e. The third kappa shape index (κ3) is 5.52. The minimum absolute atomic E-state index is 0.203. The van der Waals surface area contributed by atoms with Gasteiger partial charge in [-0.25, -0.2) is 4.72 Å². The van der Waals surface area contributed by atoms with E-state index in [0.717, 1.165) is 25.7 Å². The Labute approximate surface area is 109 Å². The summed E-state index contributed by atoms with van der Waals surface area (Å²) >= 11 is 5.89. The summed E-state index contributed by atoms with van der Waals surface area (Å²) in [4.78, 5) is 0. The van der Waals surface area contributed by atoms with Crippen molar-refractivity contribution in [1.82, 2.24) is 9.03 Å².